The molecule has 27 heavy (non-hydrogen) atoms. The van der Waals surface area contributed by atoms with Crippen LogP contribution in [0.3, 0.4) is 0 Å². The van der Waals surface area contributed by atoms with E-state index in [1.807, 2.05) is 4.90 Å². The van der Waals surface area contributed by atoms with E-state index in [1.54, 1.807) is 32.5 Å². The lowest BCUT2D eigenvalue weighted by Crippen LogP contribution is -2.46. The van der Waals surface area contributed by atoms with Crippen LogP contribution in [0.5, 0.6) is 5.88 Å². The van der Waals surface area contributed by atoms with Crippen LogP contribution in [0.2, 0.25) is 0 Å². The average Bonchev–Trinajstić information content (AvgIpc) is 3.28. The van der Waals surface area contributed by atoms with Gasteiger partial charge in [0.1, 0.15) is 0 Å². The molecule has 0 spiro atoms. The van der Waals surface area contributed by atoms with Crippen molar-refractivity contribution in [2.45, 2.75) is 50.1 Å². The second kappa shape index (κ2) is 7.64. The first-order valence-corrected chi connectivity index (χ1v) is 9.33. The predicted molar refractivity (Wildman–Crippen MR) is 95.6 cm³/mol. The van der Waals surface area contributed by atoms with Gasteiger partial charge in [0.15, 0.2) is 5.82 Å². The highest BCUT2D eigenvalue weighted by Crippen LogP contribution is 2.43. The van der Waals surface area contributed by atoms with Gasteiger partial charge < -0.3 is 18.9 Å². The minimum Gasteiger partial charge on any atom is -0.481 e. The standard InChI is InChI=1S/C19H24N4O4/c1-25-8-7-16-21-18(27-22-16)13-9-14-4-5-15(10-13)23(14)19(24)12-3-6-17(26-2)20-11-12/h3,6,11,13-15H,4-5,7-10H2,1-2H3/t13?,14-,15+. The summed E-state index contributed by atoms with van der Waals surface area (Å²) in [5.74, 6) is 2.14. The van der Waals surface area contributed by atoms with E-state index >= 15 is 0 Å². The van der Waals surface area contributed by atoms with Crippen molar-refractivity contribution >= 4 is 5.91 Å². The molecule has 0 saturated carbocycles. The van der Waals surface area contributed by atoms with Crippen molar-refractivity contribution in [1.29, 1.82) is 0 Å². The van der Waals surface area contributed by atoms with Crippen molar-refractivity contribution < 1.29 is 18.8 Å². The molecule has 0 N–H and O–H groups in total. The Bertz CT molecular complexity index is 777. The largest absolute Gasteiger partial charge is 0.481 e. The van der Waals surface area contributed by atoms with Gasteiger partial charge in [0, 0.05) is 43.8 Å². The topological polar surface area (TPSA) is 90.6 Å². The van der Waals surface area contributed by atoms with Gasteiger partial charge in [-0.15, -0.1) is 0 Å². The van der Waals surface area contributed by atoms with Crippen molar-refractivity contribution in [3.05, 3.63) is 35.6 Å². The van der Waals surface area contributed by atoms with E-state index in [0.717, 1.165) is 25.7 Å². The number of aromatic nitrogens is 3. The Kier molecular flexibility index (Phi) is 5.07. The van der Waals surface area contributed by atoms with Crippen molar-refractivity contribution in [3.8, 4) is 5.88 Å². The van der Waals surface area contributed by atoms with Gasteiger partial charge >= 0.3 is 0 Å². The fourth-order valence-corrected chi connectivity index (χ4v) is 4.22. The molecule has 2 aromatic heterocycles. The van der Waals surface area contributed by atoms with Gasteiger partial charge in [-0.25, -0.2) is 4.98 Å². The van der Waals surface area contributed by atoms with Gasteiger partial charge in [0.2, 0.25) is 11.8 Å². The van der Waals surface area contributed by atoms with Crippen LogP contribution in [0.4, 0.5) is 0 Å². The lowest BCUT2D eigenvalue weighted by molar-refractivity contribution is 0.0554. The molecule has 8 nitrogen and oxygen atoms in total. The second-order valence-corrected chi connectivity index (χ2v) is 7.15. The Morgan fingerprint density at radius 1 is 1.26 bits per heavy atom. The normalized spacial score (nSPS) is 24.2. The number of methoxy groups -OCH3 is 2. The molecule has 3 atom stereocenters. The number of carbonyl (C=O) groups excluding carboxylic acids is 1. The van der Waals surface area contributed by atoms with Crippen LogP contribution in [-0.2, 0) is 11.2 Å². The molecule has 2 fully saturated rings. The minimum absolute atomic E-state index is 0.0439. The van der Waals surface area contributed by atoms with Gasteiger partial charge in [-0.1, -0.05) is 5.16 Å². The third kappa shape index (κ3) is 3.53. The summed E-state index contributed by atoms with van der Waals surface area (Å²) >= 11 is 0. The van der Waals surface area contributed by atoms with Gasteiger partial charge in [-0.3, -0.25) is 4.79 Å². The monoisotopic (exact) mass is 372 g/mol. The lowest BCUT2D eigenvalue weighted by atomic mass is 9.90. The van der Waals surface area contributed by atoms with Crippen molar-refractivity contribution in [3.63, 3.8) is 0 Å². The summed E-state index contributed by atoms with van der Waals surface area (Å²) in [6.07, 6.45) is 5.99. The minimum atomic E-state index is 0.0439. The van der Waals surface area contributed by atoms with E-state index in [9.17, 15) is 4.79 Å². The number of ether oxygens (including phenoxy) is 2. The van der Waals surface area contributed by atoms with E-state index in [2.05, 4.69) is 15.1 Å². The fraction of sp³-hybridized carbons (Fsp3) is 0.579. The van der Waals surface area contributed by atoms with E-state index in [-0.39, 0.29) is 23.9 Å². The Labute approximate surface area is 157 Å². The Balaban J connectivity index is 1.45. The number of carbonyl (C=O) groups is 1. The first-order chi connectivity index (χ1) is 13.2. The molecule has 8 heteroatoms. The highest BCUT2D eigenvalue weighted by molar-refractivity contribution is 5.94. The molecule has 0 radical (unpaired) electrons. The number of piperidine rings is 1. The number of amides is 1. The van der Waals surface area contributed by atoms with E-state index in [0.29, 0.717) is 36.2 Å². The summed E-state index contributed by atoms with van der Waals surface area (Å²) in [6, 6.07) is 3.91. The highest BCUT2D eigenvalue weighted by Gasteiger charge is 2.45. The molecule has 4 heterocycles. The molecule has 4 rings (SSSR count). The number of hydrogen-bond donors (Lipinski definition) is 0. The van der Waals surface area contributed by atoms with Crippen molar-refractivity contribution in [2.75, 3.05) is 20.8 Å². The van der Waals surface area contributed by atoms with Gasteiger partial charge in [-0.05, 0) is 31.7 Å². The zero-order valence-corrected chi connectivity index (χ0v) is 15.6. The Morgan fingerprint density at radius 2 is 2.04 bits per heavy atom. The highest BCUT2D eigenvalue weighted by atomic mass is 16.5. The molecule has 1 amide bonds. The van der Waals surface area contributed by atoms with E-state index < -0.39 is 0 Å². The summed E-state index contributed by atoms with van der Waals surface area (Å²) in [5.41, 5.74) is 0.603. The first-order valence-electron chi connectivity index (χ1n) is 9.33. The zero-order chi connectivity index (χ0) is 18.8. The molecule has 2 aliphatic heterocycles. The molecule has 2 aliphatic rings. The zero-order valence-electron chi connectivity index (χ0n) is 15.6. The summed E-state index contributed by atoms with van der Waals surface area (Å²) in [4.78, 5) is 23.7. The predicted octanol–water partition coefficient (Wildman–Crippen LogP) is 2.21. The summed E-state index contributed by atoms with van der Waals surface area (Å²) in [7, 11) is 3.22. The molecule has 2 aromatic rings. The van der Waals surface area contributed by atoms with Crippen LogP contribution in [0, 0.1) is 0 Å². The molecular weight excluding hydrogens is 348 g/mol. The van der Waals surface area contributed by atoms with Crippen LogP contribution in [0.1, 0.15) is 53.7 Å². The lowest BCUT2D eigenvalue weighted by Gasteiger charge is -2.37. The number of hydrogen-bond acceptors (Lipinski definition) is 7. The summed E-state index contributed by atoms with van der Waals surface area (Å²) in [6.45, 7) is 0.576. The SMILES string of the molecule is COCCc1noc(C2C[C@H]3CC[C@@H](C2)N3C(=O)c2ccc(OC)nc2)n1. The van der Waals surface area contributed by atoms with Gasteiger partial charge in [-0.2, -0.15) is 4.98 Å². The van der Waals surface area contributed by atoms with Gasteiger partial charge in [0.25, 0.3) is 5.91 Å². The number of nitrogens with zero attached hydrogens (tertiary/aromatic N) is 4. The fourth-order valence-electron chi connectivity index (χ4n) is 4.22. The number of rotatable bonds is 6. The molecule has 0 aromatic carbocycles. The quantitative estimate of drug-likeness (QED) is 0.768. The van der Waals surface area contributed by atoms with Crippen LogP contribution >= 0.6 is 0 Å². The van der Waals surface area contributed by atoms with Crippen LogP contribution < -0.4 is 4.74 Å². The maximum Gasteiger partial charge on any atom is 0.255 e. The second-order valence-electron chi connectivity index (χ2n) is 7.15. The molecular formula is C19H24N4O4. The molecule has 144 valence electrons. The van der Waals surface area contributed by atoms with Crippen molar-refractivity contribution in [1.82, 2.24) is 20.0 Å². The maximum absolute atomic E-state index is 13.0. The van der Waals surface area contributed by atoms with E-state index in [4.69, 9.17) is 14.0 Å². The van der Waals surface area contributed by atoms with Crippen LogP contribution in [-0.4, -0.2) is 58.8 Å². The summed E-state index contributed by atoms with van der Waals surface area (Å²) in [5, 5.41) is 4.05. The molecule has 2 saturated heterocycles. The summed E-state index contributed by atoms with van der Waals surface area (Å²) < 4.78 is 15.6. The van der Waals surface area contributed by atoms with Crippen molar-refractivity contribution in [2.24, 2.45) is 0 Å². The number of pyridine rings is 1. The Morgan fingerprint density at radius 3 is 2.67 bits per heavy atom. The molecule has 2 bridgehead atoms. The van der Waals surface area contributed by atoms with Crippen LogP contribution in [0.25, 0.3) is 0 Å². The molecule has 0 aliphatic carbocycles. The third-order valence-electron chi connectivity index (χ3n) is 5.52. The van der Waals surface area contributed by atoms with Crippen LogP contribution in [0.15, 0.2) is 22.9 Å². The molecule has 1 unspecified atom stereocenters. The van der Waals surface area contributed by atoms with E-state index in [1.165, 1.54) is 0 Å². The van der Waals surface area contributed by atoms with Gasteiger partial charge in [0.05, 0.1) is 19.3 Å². The smallest absolute Gasteiger partial charge is 0.255 e. The number of fused-ring (bicyclic) bond motifs is 2. The Hall–Kier alpha value is -2.48. The first kappa shape index (κ1) is 17.9. The maximum atomic E-state index is 13.0. The third-order valence-corrected chi connectivity index (χ3v) is 5.52. The average molecular weight is 372 g/mol.